The van der Waals surface area contributed by atoms with Gasteiger partial charge in [0.1, 0.15) is 0 Å². The van der Waals surface area contributed by atoms with E-state index in [9.17, 15) is 0 Å². The lowest BCUT2D eigenvalue weighted by molar-refractivity contribution is 0.204. The topological polar surface area (TPSA) is 27.3 Å². The van der Waals surface area contributed by atoms with Gasteiger partial charge in [0.15, 0.2) is 0 Å². The van der Waals surface area contributed by atoms with Crippen molar-refractivity contribution in [1.82, 2.24) is 15.5 Å². The summed E-state index contributed by atoms with van der Waals surface area (Å²) in [6, 6.07) is 9.54. The first-order valence-electron chi connectivity index (χ1n) is 7.97. The molecule has 0 radical (unpaired) electrons. The van der Waals surface area contributed by atoms with E-state index in [1.54, 1.807) is 0 Å². The molecule has 3 nitrogen and oxygen atoms in total. The molecule has 3 rings (SSSR count). The van der Waals surface area contributed by atoms with Crippen molar-refractivity contribution in [2.24, 2.45) is 0 Å². The van der Waals surface area contributed by atoms with E-state index >= 15 is 0 Å². The lowest BCUT2D eigenvalue weighted by atomic mass is 10.1. The summed E-state index contributed by atoms with van der Waals surface area (Å²) in [6.07, 6.45) is 2.36. The lowest BCUT2D eigenvalue weighted by Crippen LogP contribution is -2.53. The van der Waals surface area contributed by atoms with Crippen molar-refractivity contribution in [3.8, 4) is 0 Å². The molecular weight excluding hydrogens is 290 g/mol. The zero-order valence-corrected chi connectivity index (χ0v) is 14.1. The maximum Gasteiger partial charge on any atom is 0.0684 e. The Bertz CT molecular complexity index is 566. The van der Waals surface area contributed by atoms with Crippen LogP contribution in [0.15, 0.2) is 53.7 Å². The van der Waals surface area contributed by atoms with Crippen molar-refractivity contribution in [3.63, 3.8) is 0 Å². The molecule has 1 aromatic rings. The van der Waals surface area contributed by atoms with Gasteiger partial charge in [0.2, 0.25) is 0 Å². The third-order valence-corrected chi connectivity index (χ3v) is 5.15. The molecular formula is C18H25N3S. The summed E-state index contributed by atoms with van der Waals surface area (Å²) in [5.41, 5.74) is 3.55. The van der Waals surface area contributed by atoms with Crippen molar-refractivity contribution >= 4 is 12.6 Å². The number of thiol groups is 1. The summed E-state index contributed by atoms with van der Waals surface area (Å²) < 4.78 is 0. The molecule has 2 N–H and O–H groups in total. The molecule has 118 valence electrons. The summed E-state index contributed by atoms with van der Waals surface area (Å²) in [4.78, 5) is 3.47. The van der Waals surface area contributed by atoms with E-state index < -0.39 is 0 Å². The largest absolute Gasteiger partial charge is 0.383 e. The molecule has 2 aliphatic heterocycles. The van der Waals surface area contributed by atoms with Crippen molar-refractivity contribution < 1.29 is 0 Å². The average Bonchev–Trinajstić information content (AvgIpc) is 2.95. The van der Waals surface area contributed by atoms with E-state index in [4.69, 9.17) is 0 Å². The highest BCUT2D eigenvalue weighted by Crippen LogP contribution is 2.34. The number of rotatable bonds is 4. The molecule has 2 aliphatic rings. The van der Waals surface area contributed by atoms with Crippen LogP contribution < -0.4 is 10.6 Å². The van der Waals surface area contributed by atoms with Crippen LogP contribution >= 0.6 is 12.6 Å². The predicted molar refractivity (Wildman–Crippen MR) is 94.9 cm³/mol. The van der Waals surface area contributed by atoms with Gasteiger partial charge in [-0.3, -0.25) is 0 Å². The summed E-state index contributed by atoms with van der Waals surface area (Å²) in [7, 11) is 0. The van der Waals surface area contributed by atoms with Crippen LogP contribution in [-0.2, 0) is 6.54 Å². The van der Waals surface area contributed by atoms with Crippen molar-refractivity contribution in [1.29, 1.82) is 0 Å². The predicted octanol–water partition coefficient (Wildman–Crippen LogP) is 2.92. The molecule has 3 unspecified atom stereocenters. The standard InChI is InChI=1S/C18H25N3S/c1-12-14(3)21-16(11-20-12)6-9-18(21)13(2)19-10-15-4-7-17(22)8-5-15/h4-5,7-8,12,16,18-20,22H,2-3,6,9-11H2,1H3. The number of hydrogen-bond acceptors (Lipinski definition) is 4. The Labute approximate surface area is 138 Å². The van der Waals surface area contributed by atoms with E-state index in [0.29, 0.717) is 18.1 Å². The molecule has 2 heterocycles. The second kappa shape index (κ2) is 6.39. The third-order valence-electron chi connectivity index (χ3n) is 4.85. The maximum absolute atomic E-state index is 4.32. The highest BCUT2D eigenvalue weighted by Gasteiger charge is 2.39. The summed E-state index contributed by atoms with van der Waals surface area (Å²) >= 11 is 4.32. The minimum atomic E-state index is 0.354. The summed E-state index contributed by atoms with van der Waals surface area (Å²) in [6.45, 7) is 12.6. The molecule has 0 spiro atoms. The van der Waals surface area contributed by atoms with Crippen LogP contribution in [-0.4, -0.2) is 29.6 Å². The molecule has 0 saturated carbocycles. The Morgan fingerprint density at radius 2 is 2.09 bits per heavy atom. The van der Waals surface area contributed by atoms with E-state index in [1.807, 2.05) is 12.1 Å². The van der Waals surface area contributed by atoms with Crippen LogP contribution in [0.4, 0.5) is 0 Å². The molecule has 0 aliphatic carbocycles. The number of benzene rings is 1. The van der Waals surface area contributed by atoms with Gasteiger partial charge in [-0.25, -0.2) is 0 Å². The Kier molecular flexibility index (Phi) is 4.50. The van der Waals surface area contributed by atoms with Gasteiger partial charge in [0, 0.05) is 41.5 Å². The zero-order chi connectivity index (χ0) is 15.7. The smallest absolute Gasteiger partial charge is 0.0684 e. The summed E-state index contributed by atoms with van der Waals surface area (Å²) in [5.74, 6) is 0. The van der Waals surface area contributed by atoms with Gasteiger partial charge < -0.3 is 15.5 Å². The van der Waals surface area contributed by atoms with E-state index in [0.717, 1.165) is 30.1 Å². The van der Waals surface area contributed by atoms with E-state index in [-0.39, 0.29) is 0 Å². The number of nitrogens with one attached hydrogen (secondary N) is 2. The quantitative estimate of drug-likeness (QED) is 0.746. The number of hydrogen-bond donors (Lipinski definition) is 3. The molecule has 4 heteroatoms. The fraction of sp³-hybridized carbons (Fsp3) is 0.444. The maximum atomic E-state index is 4.32. The van der Waals surface area contributed by atoms with Crippen LogP contribution in [0.2, 0.25) is 0 Å². The Morgan fingerprint density at radius 1 is 1.36 bits per heavy atom. The Hall–Kier alpha value is -1.39. The second-order valence-electron chi connectivity index (χ2n) is 6.32. The van der Waals surface area contributed by atoms with Gasteiger partial charge in [-0.2, -0.15) is 0 Å². The van der Waals surface area contributed by atoms with Crippen molar-refractivity contribution in [2.75, 3.05) is 6.54 Å². The van der Waals surface area contributed by atoms with Crippen molar-refractivity contribution in [3.05, 3.63) is 54.4 Å². The zero-order valence-electron chi connectivity index (χ0n) is 13.2. The SMILES string of the molecule is C=C(NCc1ccc(S)cc1)C1CCC2CNC(C)C(=C)N21. The molecule has 0 aromatic heterocycles. The van der Waals surface area contributed by atoms with Crippen molar-refractivity contribution in [2.45, 2.75) is 49.3 Å². The molecule has 22 heavy (non-hydrogen) atoms. The third kappa shape index (κ3) is 3.03. The molecule has 1 aromatic carbocycles. The summed E-state index contributed by atoms with van der Waals surface area (Å²) in [5, 5.41) is 7.03. The number of piperazine rings is 1. The monoisotopic (exact) mass is 315 g/mol. The van der Waals surface area contributed by atoms with Gasteiger partial charge >= 0.3 is 0 Å². The van der Waals surface area contributed by atoms with Gasteiger partial charge in [0.05, 0.1) is 6.04 Å². The first-order valence-corrected chi connectivity index (χ1v) is 8.42. The van der Waals surface area contributed by atoms with Crippen LogP contribution in [0, 0.1) is 0 Å². The first kappa shape index (κ1) is 15.5. The van der Waals surface area contributed by atoms with Gasteiger partial charge in [0.25, 0.3) is 0 Å². The first-order chi connectivity index (χ1) is 10.6. The van der Waals surface area contributed by atoms with Crippen LogP contribution in [0.1, 0.15) is 25.3 Å². The number of fused-ring (bicyclic) bond motifs is 1. The van der Waals surface area contributed by atoms with E-state index in [2.05, 4.69) is 60.4 Å². The highest BCUT2D eigenvalue weighted by atomic mass is 32.1. The van der Waals surface area contributed by atoms with Gasteiger partial charge in [-0.05, 0) is 37.5 Å². The molecule has 3 atom stereocenters. The van der Waals surface area contributed by atoms with Crippen LogP contribution in [0.5, 0.6) is 0 Å². The average molecular weight is 315 g/mol. The minimum Gasteiger partial charge on any atom is -0.383 e. The Morgan fingerprint density at radius 3 is 2.82 bits per heavy atom. The van der Waals surface area contributed by atoms with Gasteiger partial charge in [-0.1, -0.05) is 25.3 Å². The fourth-order valence-corrected chi connectivity index (χ4v) is 3.61. The molecule has 2 saturated heterocycles. The highest BCUT2D eigenvalue weighted by molar-refractivity contribution is 7.80. The molecule has 0 bridgehead atoms. The van der Waals surface area contributed by atoms with E-state index in [1.165, 1.54) is 17.7 Å². The van der Waals surface area contributed by atoms with Crippen LogP contribution in [0.3, 0.4) is 0 Å². The minimum absolute atomic E-state index is 0.354. The lowest BCUT2D eigenvalue weighted by Gasteiger charge is -2.42. The second-order valence-corrected chi connectivity index (χ2v) is 6.84. The van der Waals surface area contributed by atoms with Gasteiger partial charge in [-0.15, -0.1) is 12.6 Å². The molecule has 2 fully saturated rings. The molecule has 0 amide bonds. The Balaban J connectivity index is 1.62. The fourth-order valence-electron chi connectivity index (χ4n) is 3.46. The normalized spacial score (nSPS) is 27.6. The number of nitrogens with zero attached hydrogens (tertiary/aromatic N) is 1. The van der Waals surface area contributed by atoms with Crippen LogP contribution in [0.25, 0.3) is 0 Å².